The predicted molar refractivity (Wildman–Crippen MR) is 128 cm³/mol. The molecule has 8 heteroatoms. The van der Waals surface area contributed by atoms with Crippen molar-refractivity contribution < 1.29 is 14.7 Å². The van der Waals surface area contributed by atoms with Crippen LogP contribution in [0.4, 0.5) is 0 Å². The number of carboxylic acid groups (broad SMARTS) is 1. The topological polar surface area (TPSA) is 103 Å². The Labute approximate surface area is 193 Å². The molecule has 7 nitrogen and oxygen atoms in total. The zero-order valence-electron chi connectivity index (χ0n) is 17.7. The van der Waals surface area contributed by atoms with Gasteiger partial charge in [-0.15, -0.1) is 11.3 Å². The molecular weight excluding hydrogens is 436 g/mol. The summed E-state index contributed by atoms with van der Waals surface area (Å²) >= 11 is 1.27. The number of nitrogens with zero attached hydrogens (tertiary/aromatic N) is 3. The fourth-order valence-electron chi connectivity index (χ4n) is 4.01. The average Bonchev–Trinajstić information content (AvgIpc) is 3.52. The zero-order valence-corrected chi connectivity index (χ0v) is 18.5. The molecule has 0 aliphatic rings. The van der Waals surface area contributed by atoms with Crippen LogP contribution in [-0.4, -0.2) is 31.1 Å². The van der Waals surface area contributed by atoms with Gasteiger partial charge in [-0.05, 0) is 54.4 Å². The number of hydrogen-bond acceptors (Lipinski definition) is 4. The minimum Gasteiger partial charge on any atom is -0.477 e. The smallest absolute Gasteiger partial charge is 0.345 e. The highest BCUT2D eigenvalue weighted by Gasteiger charge is 2.18. The summed E-state index contributed by atoms with van der Waals surface area (Å²) < 4.78 is 4.99. The van der Waals surface area contributed by atoms with Gasteiger partial charge in [-0.25, -0.2) is 9.78 Å². The molecule has 0 spiro atoms. The number of hydrogen-bond donors (Lipinski definition) is 2. The standard InChI is InChI=1S/C25H20N4O3S/c1-15-10-18(28-9-8-27-14-28)6-7-19(15)20-11-22-21(12-23(33-22)25(31)32)29(20)13-16-2-4-17(5-3-16)24(26)30/h2-12,14H,13H2,1H3,(H2,26,30)(H,31,32). The van der Waals surface area contributed by atoms with E-state index in [4.69, 9.17) is 5.73 Å². The van der Waals surface area contributed by atoms with Crippen molar-refractivity contribution in [3.8, 4) is 16.9 Å². The van der Waals surface area contributed by atoms with E-state index in [0.29, 0.717) is 17.0 Å². The van der Waals surface area contributed by atoms with Crippen LogP contribution in [-0.2, 0) is 6.54 Å². The number of aromatic carboxylic acids is 1. The van der Waals surface area contributed by atoms with E-state index >= 15 is 0 Å². The number of imidazole rings is 1. The molecule has 0 aliphatic carbocycles. The number of carbonyl (C=O) groups is 2. The lowest BCUT2D eigenvalue weighted by atomic mass is 10.0. The summed E-state index contributed by atoms with van der Waals surface area (Å²) in [5.41, 5.74) is 11.8. The summed E-state index contributed by atoms with van der Waals surface area (Å²) in [5.74, 6) is -1.40. The summed E-state index contributed by atoms with van der Waals surface area (Å²) in [6.45, 7) is 2.59. The Bertz CT molecular complexity index is 1490. The lowest BCUT2D eigenvalue weighted by Crippen LogP contribution is -2.11. The lowest BCUT2D eigenvalue weighted by molar-refractivity contribution is 0.0702. The van der Waals surface area contributed by atoms with E-state index in [9.17, 15) is 14.7 Å². The Balaban J connectivity index is 1.62. The third-order valence-electron chi connectivity index (χ3n) is 5.67. The number of rotatable bonds is 6. The molecule has 0 unspecified atom stereocenters. The van der Waals surface area contributed by atoms with Crippen LogP contribution in [0, 0.1) is 6.92 Å². The molecule has 3 N–H and O–H groups in total. The minimum atomic E-state index is -0.934. The van der Waals surface area contributed by atoms with E-state index in [1.807, 2.05) is 35.0 Å². The number of benzene rings is 2. The highest BCUT2D eigenvalue weighted by Crippen LogP contribution is 2.36. The van der Waals surface area contributed by atoms with Crippen molar-refractivity contribution in [2.24, 2.45) is 5.73 Å². The summed E-state index contributed by atoms with van der Waals surface area (Å²) in [6, 6.07) is 17.1. The SMILES string of the molecule is Cc1cc(-n2ccnc2)ccc1-c1cc2sc(C(=O)O)cc2n1Cc1ccc(C(N)=O)cc1. The molecule has 5 aromatic rings. The number of carbonyl (C=O) groups excluding carboxylic acids is 1. The number of thiophene rings is 1. The van der Waals surface area contributed by atoms with Gasteiger partial charge < -0.3 is 20.0 Å². The largest absolute Gasteiger partial charge is 0.477 e. The number of aromatic nitrogens is 3. The second kappa shape index (κ2) is 8.07. The van der Waals surface area contributed by atoms with Crippen LogP contribution in [0.5, 0.6) is 0 Å². The summed E-state index contributed by atoms with van der Waals surface area (Å²) in [7, 11) is 0. The van der Waals surface area contributed by atoms with Gasteiger partial charge in [0.2, 0.25) is 5.91 Å². The van der Waals surface area contributed by atoms with Gasteiger partial charge in [-0.3, -0.25) is 4.79 Å². The molecule has 2 aromatic carbocycles. The van der Waals surface area contributed by atoms with Crippen LogP contribution in [0.2, 0.25) is 0 Å². The Kier molecular flexibility index (Phi) is 5.07. The second-order valence-corrected chi connectivity index (χ2v) is 8.90. The van der Waals surface area contributed by atoms with Crippen LogP contribution in [0.15, 0.2) is 73.3 Å². The number of nitrogens with two attached hydrogens (primary N) is 1. The average molecular weight is 457 g/mol. The van der Waals surface area contributed by atoms with Gasteiger partial charge in [0.1, 0.15) is 4.88 Å². The molecule has 0 bridgehead atoms. The summed E-state index contributed by atoms with van der Waals surface area (Å²) in [4.78, 5) is 27.4. The molecular formula is C25H20N4O3S. The highest BCUT2D eigenvalue weighted by molar-refractivity contribution is 7.20. The normalized spacial score (nSPS) is 11.2. The number of fused-ring (bicyclic) bond motifs is 1. The van der Waals surface area contributed by atoms with E-state index in [1.54, 1.807) is 30.7 Å². The number of carboxylic acids is 1. The molecule has 0 saturated heterocycles. The van der Waals surface area contributed by atoms with Gasteiger partial charge >= 0.3 is 5.97 Å². The molecule has 0 atom stereocenters. The first-order valence-electron chi connectivity index (χ1n) is 10.2. The maximum atomic E-state index is 11.5. The lowest BCUT2D eigenvalue weighted by Gasteiger charge is -2.14. The minimum absolute atomic E-state index is 0.302. The van der Waals surface area contributed by atoms with Gasteiger partial charge in [0.05, 0.1) is 22.2 Å². The second-order valence-electron chi connectivity index (χ2n) is 7.81. The molecule has 3 aromatic heterocycles. The first-order chi connectivity index (χ1) is 15.9. The van der Waals surface area contributed by atoms with E-state index in [2.05, 4.69) is 28.6 Å². The van der Waals surface area contributed by atoms with Gasteiger partial charge in [0.25, 0.3) is 0 Å². The van der Waals surface area contributed by atoms with Crippen molar-refractivity contribution in [2.75, 3.05) is 0 Å². The quantitative estimate of drug-likeness (QED) is 0.386. The number of aryl methyl sites for hydroxylation is 1. The molecule has 0 radical (unpaired) electrons. The van der Waals surface area contributed by atoms with Crippen molar-refractivity contribution in [3.63, 3.8) is 0 Å². The number of amides is 1. The van der Waals surface area contributed by atoms with Crippen molar-refractivity contribution >= 4 is 33.4 Å². The fourth-order valence-corrected chi connectivity index (χ4v) is 4.94. The maximum Gasteiger partial charge on any atom is 0.345 e. The van der Waals surface area contributed by atoms with E-state index in [1.165, 1.54) is 11.3 Å². The van der Waals surface area contributed by atoms with Crippen LogP contribution >= 0.6 is 11.3 Å². The van der Waals surface area contributed by atoms with Gasteiger partial charge in [-0.2, -0.15) is 0 Å². The first kappa shape index (κ1) is 20.7. The molecule has 0 fully saturated rings. The molecule has 0 saturated carbocycles. The Morgan fingerprint density at radius 3 is 2.52 bits per heavy atom. The predicted octanol–water partition coefficient (Wildman–Crippen LogP) is 4.71. The monoisotopic (exact) mass is 456 g/mol. The molecule has 5 rings (SSSR count). The Morgan fingerprint density at radius 1 is 1.09 bits per heavy atom. The van der Waals surface area contributed by atoms with Crippen LogP contribution in [0.3, 0.4) is 0 Å². The molecule has 164 valence electrons. The maximum absolute atomic E-state index is 11.5. The number of primary amides is 1. The van der Waals surface area contributed by atoms with E-state index in [-0.39, 0.29) is 0 Å². The first-order valence-corrected chi connectivity index (χ1v) is 11.1. The van der Waals surface area contributed by atoms with Gasteiger partial charge in [0, 0.05) is 35.8 Å². The molecule has 0 aliphatic heterocycles. The Hall–Kier alpha value is -4.17. The van der Waals surface area contributed by atoms with Crippen LogP contribution in [0.1, 0.15) is 31.2 Å². The molecule has 1 amide bonds. The fraction of sp³-hybridized carbons (Fsp3) is 0.0800. The third-order valence-corrected chi connectivity index (χ3v) is 6.73. The van der Waals surface area contributed by atoms with Crippen LogP contribution < -0.4 is 5.73 Å². The Morgan fingerprint density at radius 2 is 1.88 bits per heavy atom. The third kappa shape index (κ3) is 3.81. The molecule has 33 heavy (non-hydrogen) atoms. The van der Waals surface area contributed by atoms with Gasteiger partial charge in [0.15, 0.2) is 0 Å². The van der Waals surface area contributed by atoms with Crippen molar-refractivity contribution in [2.45, 2.75) is 13.5 Å². The summed E-state index contributed by atoms with van der Waals surface area (Å²) in [6.07, 6.45) is 5.40. The van der Waals surface area contributed by atoms with Crippen molar-refractivity contribution in [1.29, 1.82) is 0 Å². The molecule has 3 heterocycles. The van der Waals surface area contributed by atoms with E-state index in [0.717, 1.165) is 38.3 Å². The summed E-state index contributed by atoms with van der Waals surface area (Å²) in [5, 5.41) is 9.47. The van der Waals surface area contributed by atoms with Crippen LogP contribution in [0.25, 0.3) is 27.2 Å². The van der Waals surface area contributed by atoms with E-state index < -0.39 is 11.9 Å². The van der Waals surface area contributed by atoms with Gasteiger partial charge in [-0.1, -0.05) is 18.2 Å². The van der Waals surface area contributed by atoms with Crippen molar-refractivity contribution in [1.82, 2.24) is 14.1 Å². The van der Waals surface area contributed by atoms with Crippen molar-refractivity contribution in [3.05, 3.63) is 94.9 Å². The zero-order chi connectivity index (χ0) is 23.1. The highest BCUT2D eigenvalue weighted by atomic mass is 32.1.